The van der Waals surface area contributed by atoms with Crippen LogP contribution in [-0.2, 0) is 32.7 Å². The van der Waals surface area contributed by atoms with Gasteiger partial charge in [-0.2, -0.15) is 0 Å². The Labute approximate surface area is 331 Å². The normalized spacial score (nSPS) is 14.0. The molecular formula is C44H82NO8P. The summed E-state index contributed by atoms with van der Waals surface area (Å²) in [5.74, 6) is -0.907. The van der Waals surface area contributed by atoms with Gasteiger partial charge >= 0.3 is 11.9 Å². The maximum Gasteiger partial charge on any atom is 0.306 e. The number of phosphoric acid groups is 1. The molecule has 0 aromatic heterocycles. The molecule has 1 unspecified atom stereocenters. The number of carbonyl (C=O) groups is 2. The highest BCUT2D eigenvalue weighted by Crippen LogP contribution is 2.38. The Morgan fingerprint density at radius 3 is 1.59 bits per heavy atom. The SMILES string of the molecule is CCCCC/C=C/C/C=C/CCCCCCCC(=O)O[C@H](COC(=O)CC/C=C/CCCCCCCCCCCCC)COP(=O)([O-])OCC[N+](C)(C)C. The molecule has 54 heavy (non-hydrogen) atoms. The van der Waals surface area contributed by atoms with E-state index in [1.165, 1.54) is 89.9 Å². The highest BCUT2D eigenvalue weighted by molar-refractivity contribution is 7.45. The molecule has 0 N–H and O–H groups in total. The Balaban J connectivity index is 4.43. The summed E-state index contributed by atoms with van der Waals surface area (Å²) in [5, 5.41) is 0. The predicted molar refractivity (Wildman–Crippen MR) is 222 cm³/mol. The molecule has 2 atom stereocenters. The monoisotopic (exact) mass is 784 g/mol. The maximum atomic E-state index is 12.6. The molecular weight excluding hydrogens is 701 g/mol. The average molecular weight is 784 g/mol. The number of quaternary nitrogens is 1. The second-order valence-corrected chi connectivity index (χ2v) is 17.1. The van der Waals surface area contributed by atoms with Gasteiger partial charge in [0.05, 0.1) is 27.7 Å². The lowest BCUT2D eigenvalue weighted by atomic mass is 10.1. The van der Waals surface area contributed by atoms with Crippen molar-refractivity contribution in [3.63, 3.8) is 0 Å². The van der Waals surface area contributed by atoms with Crippen LogP contribution in [0.3, 0.4) is 0 Å². The minimum Gasteiger partial charge on any atom is -0.756 e. The first-order chi connectivity index (χ1) is 26.0. The van der Waals surface area contributed by atoms with Crippen LogP contribution in [0.2, 0.25) is 0 Å². The lowest BCUT2D eigenvalue weighted by Crippen LogP contribution is -2.37. The number of rotatable bonds is 39. The van der Waals surface area contributed by atoms with Gasteiger partial charge in [-0.15, -0.1) is 0 Å². The van der Waals surface area contributed by atoms with Gasteiger partial charge in [-0.25, -0.2) is 0 Å². The summed E-state index contributed by atoms with van der Waals surface area (Å²) < 4.78 is 33.8. The summed E-state index contributed by atoms with van der Waals surface area (Å²) in [5.41, 5.74) is 0. The molecule has 0 fully saturated rings. The predicted octanol–water partition coefficient (Wildman–Crippen LogP) is 11.5. The van der Waals surface area contributed by atoms with Gasteiger partial charge in [-0.1, -0.05) is 147 Å². The lowest BCUT2D eigenvalue weighted by Gasteiger charge is -2.28. The second-order valence-electron chi connectivity index (χ2n) is 15.7. The molecule has 0 rings (SSSR count). The Morgan fingerprint density at radius 2 is 1.04 bits per heavy atom. The van der Waals surface area contributed by atoms with Gasteiger partial charge in [0.15, 0.2) is 6.10 Å². The molecule has 316 valence electrons. The van der Waals surface area contributed by atoms with E-state index in [2.05, 4.69) is 44.2 Å². The molecule has 0 amide bonds. The van der Waals surface area contributed by atoms with Crippen LogP contribution in [0.1, 0.15) is 181 Å². The zero-order chi connectivity index (χ0) is 40.0. The van der Waals surface area contributed by atoms with Crippen molar-refractivity contribution in [2.24, 2.45) is 0 Å². The summed E-state index contributed by atoms with van der Waals surface area (Å²) in [6.45, 7) is 4.14. The molecule has 0 aromatic carbocycles. The van der Waals surface area contributed by atoms with Crippen LogP contribution in [0.4, 0.5) is 0 Å². The van der Waals surface area contributed by atoms with Crippen LogP contribution in [0.5, 0.6) is 0 Å². The summed E-state index contributed by atoms with van der Waals surface area (Å²) in [4.78, 5) is 37.4. The largest absolute Gasteiger partial charge is 0.756 e. The minimum atomic E-state index is -4.63. The van der Waals surface area contributed by atoms with Gasteiger partial charge < -0.3 is 27.9 Å². The van der Waals surface area contributed by atoms with Crippen LogP contribution in [0.15, 0.2) is 36.5 Å². The third-order valence-corrected chi connectivity index (χ3v) is 10.1. The Hall–Kier alpha value is -1.77. The molecule has 10 heteroatoms. The van der Waals surface area contributed by atoms with Crippen molar-refractivity contribution in [1.82, 2.24) is 0 Å². The van der Waals surface area contributed by atoms with E-state index in [4.69, 9.17) is 18.5 Å². The Kier molecular flexibility index (Phi) is 35.6. The number of hydrogen-bond donors (Lipinski definition) is 0. The van der Waals surface area contributed by atoms with E-state index < -0.39 is 32.5 Å². The number of likely N-dealkylation sites (N-methyl/N-ethyl adjacent to an activating group) is 1. The van der Waals surface area contributed by atoms with Crippen LogP contribution in [0.25, 0.3) is 0 Å². The van der Waals surface area contributed by atoms with Crippen LogP contribution in [0, 0.1) is 0 Å². The number of carbonyl (C=O) groups excluding carboxylic acids is 2. The maximum absolute atomic E-state index is 12.6. The minimum absolute atomic E-state index is 0.0384. The first kappa shape index (κ1) is 52.2. The van der Waals surface area contributed by atoms with E-state index in [9.17, 15) is 19.0 Å². The van der Waals surface area contributed by atoms with E-state index in [-0.39, 0.29) is 26.1 Å². The molecule has 0 heterocycles. The fourth-order valence-corrected chi connectivity index (χ4v) is 6.43. The number of hydrogen-bond acceptors (Lipinski definition) is 8. The van der Waals surface area contributed by atoms with Gasteiger partial charge in [0, 0.05) is 12.8 Å². The number of nitrogens with zero attached hydrogens (tertiary/aromatic N) is 1. The van der Waals surface area contributed by atoms with Crippen molar-refractivity contribution in [3.8, 4) is 0 Å². The Bertz CT molecular complexity index is 1020. The number of ether oxygens (including phenoxy) is 2. The zero-order valence-corrected chi connectivity index (χ0v) is 36.3. The van der Waals surface area contributed by atoms with Crippen LogP contribution >= 0.6 is 7.82 Å². The quantitative estimate of drug-likeness (QED) is 0.0199. The standard InChI is InChI=1S/C44H82NO8P/c1-6-8-10-12-14-16-18-20-22-24-26-28-30-32-34-36-43(46)50-40-42(41-52-54(48,49)51-39-38-45(3,4)5)53-44(47)37-35-33-31-29-27-25-23-21-19-17-15-13-11-9-7-2/h15,17,21,23,30,32,42H,6-14,16,18-20,22,24-29,31,33-41H2,1-5H3/b17-15+,23-21+,32-30+/t42-/m1/s1. The average Bonchev–Trinajstić information content (AvgIpc) is 3.12. The summed E-state index contributed by atoms with van der Waals surface area (Å²) in [6, 6.07) is 0. The van der Waals surface area contributed by atoms with Gasteiger partial charge in [-0.05, 0) is 57.8 Å². The second kappa shape index (κ2) is 36.8. The lowest BCUT2D eigenvalue weighted by molar-refractivity contribution is -0.870. The molecule has 0 saturated heterocycles. The number of esters is 2. The van der Waals surface area contributed by atoms with Crippen molar-refractivity contribution in [1.29, 1.82) is 0 Å². The van der Waals surface area contributed by atoms with Crippen molar-refractivity contribution < 1.29 is 42.1 Å². The van der Waals surface area contributed by atoms with E-state index in [1.807, 2.05) is 27.2 Å². The fraction of sp³-hybridized carbons (Fsp3) is 0.818. The first-order valence-corrected chi connectivity index (χ1v) is 23.2. The van der Waals surface area contributed by atoms with E-state index in [0.717, 1.165) is 51.4 Å². The van der Waals surface area contributed by atoms with Gasteiger partial charge in [0.25, 0.3) is 7.82 Å². The number of allylic oxidation sites excluding steroid dienone is 6. The van der Waals surface area contributed by atoms with Gasteiger partial charge in [0.2, 0.25) is 0 Å². The third-order valence-electron chi connectivity index (χ3n) is 9.15. The van der Waals surface area contributed by atoms with E-state index >= 15 is 0 Å². The molecule has 9 nitrogen and oxygen atoms in total. The zero-order valence-electron chi connectivity index (χ0n) is 35.4. The highest BCUT2D eigenvalue weighted by Gasteiger charge is 2.21. The summed E-state index contributed by atoms with van der Waals surface area (Å²) in [6.07, 6.45) is 40.4. The molecule has 0 aliphatic heterocycles. The molecule has 0 aliphatic rings. The van der Waals surface area contributed by atoms with Crippen molar-refractivity contribution in [2.75, 3.05) is 47.5 Å². The van der Waals surface area contributed by atoms with E-state index in [1.54, 1.807) is 0 Å². The molecule has 0 aromatic rings. The molecule has 0 aliphatic carbocycles. The van der Waals surface area contributed by atoms with Gasteiger partial charge in [0.1, 0.15) is 19.8 Å². The molecule has 0 spiro atoms. The number of phosphoric ester groups is 1. The summed E-state index contributed by atoms with van der Waals surface area (Å²) in [7, 11) is 1.14. The molecule has 0 bridgehead atoms. The smallest absolute Gasteiger partial charge is 0.306 e. The summed E-state index contributed by atoms with van der Waals surface area (Å²) >= 11 is 0. The highest BCUT2D eigenvalue weighted by atomic mass is 31.2. The van der Waals surface area contributed by atoms with Crippen molar-refractivity contribution in [3.05, 3.63) is 36.5 Å². The third kappa shape index (κ3) is 39.9. The molecule has 0 saturated carbocycles. The van der Waals surface area contributed by atoms with Crippen LogP contribution in [-0.4, -0.2) is 70.0 Å². The van der Waals surface area contributed by atoms with Crippen molar-refractivity contribution >= 4 is 19.8 Å². The van der Waals surface area contributed by atoms with E-state index in [0.29, 0.717) is 23.9 Å². The topological polar surface area (TPSA) is 111 Å². The van der Waals surface area contributed by atoms with Crippen LogP contribution < -0.4 is 4.89 Å². The Morgan fingerprint density at radius 1 is 0.574 bits per heavy atom. The van der Waals surface area contributed by atoms with Gasteiger partial charge in [-0.3, -0.25) is 14.2 Å². The fourth-order valence-electron chi connectivity index (χ4n) is 5.70. The number of unbranched alkanes of at least 4 members (excludes halogenated alkanes) is 19. The van der Waals surface area contributed by atoms with Crippen molar-refractivity contribution in [2.45, 2.75) is 187 Å². The molecule has 0 radical (unpaired) electrons. The first-order valence-electron chi connectivity index (χ1n) is 21.7.